The number of fused-ring (bicyclic) bond motifs is 2. The number of rotatable bonds is 4. The summed E-state index contributed by atoms with van der Waals surface area (Å²) in [5.74, 6) is 0.572. The van der Waals surface area contributed by atoms with Crippen molar-refractivity contribution in [3.8, 4) is 17.3 Å². The van der Waals surface area contributed by atoms with E-state index < -0.39 is 5.41 Å². The van der Waals surface area contributed by atoms with Crippen LogP contribution in [0.15, 0.2) is 73.2 Å². The second-order valence-corrected chi connectivity index (χ2v) is 8.68. The molecule has 0 saturated carbocycles. The largest absolute Gasteiger partial charge is 0.508 e. The molecule has 35 heavy (non-hydrogen) atoms. The molecule has 2 aromatic carbocycles. The molecule has 1 atom stereocenters. The van der Waals surface area contributed by atoms with Crippen molar-refractivity contribution in [3.05, 3.63) is 95.6 Å². The first-order chi connectivity index (χ1) is 16.9. The van der Waals surface area contributed by atoms with E-state index in [1.54, 1.807) is 43.6 Å². The van der Waals surface area contributed by atoms with Gasteiger partial charge in [-0.05, 0) is 30.2 Å². The number of imidazole rings is 1. The Morgan fingerprint density at radius 3 is 2.71 bits per heavy atom. The number of aromatic nitrogens is 5. The van der Waals surface area contributed by atoms with Crippen molar-refractivity contribution in [1.29, 1.82) is 0 Å². The molecule has 1 aliphatic rings. The summed E-state index contributed by atoms with van der Waals surface area (Å²) >= 11 is 0. The first kappa shape index (κ1) is 20.8. The molecular weight excluding hydrogens is 442 g/mol. The molecule has 4 heterocycles. The molecule has 6 rings (SSSR count). The fourth-order valence-electron chi connectivity index (χ4n) is 4.63. The molecule has 9 nitrogen and oxygen atoms in total. The number of nitrogen functional groups attached to an aromatic ring is 1. The van der Waals surface area contributed by atoms with Crippen molar-refractivity contribution in [2.75, 3.05) is 11.1 Å². The van der Waals surface area contributed by atoms with Gasteiger partial charge in [0, 0.05) is 25.0 Å². The van der Waals surface area contributed by atoms with Gasteiger partial charge in [-0.25, -0.2) is 19.9 Å². The first-order valence-corrected chi connectivity index (χ1v) is 11.1. The summed E-state index contributed by atoms with van der Waals surface area (Å²) in [4.78, 5) is 31.6. The van der Waals surface area contributed by atoms with E-state index in [0.717, 1.165) is 16.9 Å². The van der Waals surface area contributed by atoms with Crippen molar-refractivity contribution in [3.63, 3.8) is 0 Å². The highest BCUT2D eigenvalue weighted by molar-refractivity contribution is 6.09. The highest BCUT2D eigenvalue weighted by Gasteiger charge is 2.47. The Kier molecular flexibility index (Phi) is 4.53. The summed E-state index contributed by atoms with van der Waals surface area (Å²) < 4.78 is 1.88. The van der Waals surface area contributed by atoms with Gasteiger partial charge in [0.15, 0.2) is 11.5 Å². The minimum atomic E-state index is -1.14. The summed E-state index contributed by atoms with van der Waals surface area (Å²) in [5.41, 5.74) is 9.49. The van der Waals surface area contributed by atoms with Gasteiger partial charge in [0.05, 0.1) is 11.3 Å². The number of carbonyl (C=O) groups is 1. The third-order valence-electron chi connectivity index (χ3n) is 6.43. The van der Waals surface area contributed by atoms with Gasteiger partial charge in [-0.2, -0.15) is 0 Å². The van der Waals surface area contributed by atoms with Crippen LogP contribution in [0.1, 0.15) is 29.3 Å². The van der Waals surface area contributed by atoms with Crippen LogP contribution in [0, 0.1) is 0 Å². The minimum Gasteiger partial charge on any atom is -0.508 e. The third-order valence-corrected chi connectivity index (χ3v) is 6.43. The Labute approximate surface area is 200 Å². The molecule has 5 aromatic rings. The molecule has 9 heteroatoms. The molecular formula is C26H21N7O2. The SMILES string of the molecule is CC1(c2cccc(O)c2)C(=O)Nc2nc(-c3cn4ccnc4c(Cc4ccccc4)n3)nc(N)c21. The maximum absolute atomic E-state index is 13.1. The summed E-state index contributed by atoms with van der Waals surface area (Å²) in [7, 11) is 0. The van der Waals surface area contributed by atoms with E-state index in [2.05, 4.69) is 20.3 Å². The number of benzene rings is 2. The zero-order valence-electron chi connectivity index (χ0n) is 18.8. The van der Waals surface area contributed by atoms with Crippen LogP contribution in [0.2, 0.25) is 0 Å². The maximum Gasteiger partial charge on any atom is 0.240 e. The number of nitrogens with zero attached hydrogens (tertiary/aromatic N) is 5. The number of nitrogens with one attached hydrogen (secondary N) is 1. The highest BCUT2D eigenvalue weighted by Crippen LogP contribution is 2.45. The molecule has 172 valence electrons. The molecule has 4 N–H and O–H groups in total. The lowest BCUT2D eigenvalue weighted by atomic mass is 9.77. The number of nitrogens with two attached hydrogens (primary N) is 1. The second kappa shape index (κ2) is 7.63. The molecule has 0 aliphatic carbocycles. The van der Waals surface area contributed by atoms with Crippen LogP contribution < -0.4 is 11.1 Å². The summed E-state index contributed by atoms with van der Waals surface area (Å²) in [5, 5.41) is 12.8. The smallest absolute Gasteiger partial charge is 0.240 e. The Hall–Kier alpha value is -4.79. The van der Waals surface area contributed by atoms with E-state index in [4.69, 9.17) is 10.7 Å². The minimum absolute atomic E-state index is 0.0601. The third kappa shape index (κ3) is 3.28. The average molecular weight is 464 g/mol. The highest BCUT2D eigenvalue weighted by atomic mass is 16.3. The van der Waals surface area contributed by atoms with Crippen LogP contribution in [0.5, 0.6) is 5.75 Å². The lowest BCUT2D eigenvalue weighted by Crippen LogP contribution is -2.32. The van der Waals surface area contributed by atoms with E-state index in [-0.39, 0.29) is 17.5 Å². The van der Waals surface area contributed by atoms with Crippen molar-refractivity contribution >= 4 is 23.2 Å². The van der Waals surface area contributed by atoms with Crippen LogP contribution in [0.4, 0.5) is 11.6 Å². The Balaban J connectivity index is 1.47. The molecule has 0 saturated heterocycles. The number of anilines is 2. The number of carbonyl (C=O) groups excluding carboxylic acids is 1. The number of phenols is 1. The molecule has 0 spiro atoms. The number of amides is 1. The normalized spacial score (nSPS) is 16.9. The second-order valence-electron chi connectivity index (χ2n) is 8.68. The molecule has 0 fully saturated rings. The van der Waals surface area contributed by atoms with Crippen LogP contribution in [0.25, 0.3) is 17.2 Å². The Bertz CT molecular complexity index is 1610. The van der Waals surface area contributed by atoms with E-state index in [1.165, 1.54) is 0 Å². The molecule has 0 radical (unpaired) electrons. The van der Waals surface area contributed by atoms with Crippen molar-refractivity contribution < 1.29 is 9.90 Å². The van der Waals surface area contributed by atoms with Gasteiger partial charge in [0.1, 0.15) is 28.5 Å². The monoisotopic (exact) mass is 463 g/mol. The van der Waals surface area contributed by atoms with Crippen molar-refractivity contribution in [2.24, 2.45) is 0 Å². The first-order valence-electron chi connectivity index (χ1n) is 11.1. The van der Waals surface area contributed by atoms with Crippen LogP contribution >= 0.6 is 0 Å². The van der Waals surface area contributed by atoms with Gasteiger partial charge in [-0.3, -0.25) is 4.79 Å². The number of hydrogen-bond donors (Lipinski definition) is 3. The number of phenolic OH excluding ortho intramolecular Hbond substituents is 1. The molecule has 1 aliphatic heterocycles. The molecule has 0 bridgehead atoms. The van der Waals surface area contributed by atoms with Crippen molar-refractivity contribution in [2.45, 2.75) is 18.8 Å². The zero-order chi connectivity index (χ0) is 24.2. The lowest BCUT2D eigenvalue weighted by molar-refractivity contribution is -0.119. The Morgan fingerprint density at radius 2 is 1.91 bits per heavy atom. The van der Waals surface area contributed by atoms with Gasteiger partial charge in [-0.1, -0.05) is 42.5 Å². The van der Waals surface area contributed by atoms with Gasteiger partial charge >= 0.3 is 0 Å². The summed E-state index contributed by atoms with van der Waals surface area (Å²) in [6, 6.07) is 16.6. The van der Waals surface area contributed by atoms with E-state index in [1.807, 2.05) is 40.9 Å². The van der Waals surface area contributed by atoms with E-state index >= 15 is 0 Å². The van der Waals surface area contributed by atoms with Crippen LogP contribution in [-0.4, -0.2) is 35.4 Å². The predicted molar refractivity (Wildman–Crippen MR) is 131 cm³/mol. The van der Waals surface area contributed by atoms with Gasteiger partial charge < -0.3 is 20.6 Å². The molecule has 3 aromatic heterocycles. The van der Waals surface area contributed by atoms with Gasteiger partial charge in [0.25, 0.3) is 0 Å². The van der Waals surface area contributed by atoms with Crippen LogP contribution in [-0.2, 0) is 16.6 Å². The fraction of sp³-hybridized carbons (Fsp3) is 0.115. The summed E-state index contributed by atoms with van der Waals surface area (Å²) in [6.07, 6.45) is 5.94. The Morgan fingerprint density at radius 1 is 1.09 bits per heavy atom. The maximum atomic E-state index is 13.1. The number of aromatic hydroxyl groups is 1. The summed E-state index contributed by atoms with van der Waals surface area (Å²) in [6.45, 7) is 1.75. The standard InChI is InChI=1S/C26H21N7O2/c1-26(16-8-5-9-17(34)13-16)20-21(27)30-22(31-23(20)32-25(26)35)19-14-33-11-10-28-24(33)18(29-19)12-15-6-3-2-4-7-15/h2-11,13-14,34H,12H2,1H3,(H3,27,30,31,32,35). The lowest BCUT2D eigenvalue weighted by Gasteiger charge is -2.23. The quantitative estimate of drug-likeness (QED) is 0.373. The topological polar surface area (TPSA) is 131 Å². The number of hydrogen-bond acceptors (Lipinski definition) is 7. The predicted octanol–water partition coefficient (Wildman–Crippen LogP) is 3.32. The molecule has 1 unspecified atom stereocenters. The molecule has 1 amide bonds. The van der Waals surface area contributed by atoms with Crippen LogP contribution in [0.3, 0.4) is 0 Å². The zero-order valence-corrected chi connectivity index (χ0v) is 18.8. The van der Waals surface area contributed by atoms with Crippen molar-refractivity contribution in [1.82, 2.24) is 24.3 Å². The van der Waals surface area contributed by atoms with E-state index in [9.17, 15) is 9.90 Å². The fourth-order valence-corrected chi connectivity index (χ4v) is 4.63. The average Bonchev–Trinajstić information content (AvgIpc) is 3.43. The van der Waals surface area contributed by atoms with Gasteiger partial charge in [0.2, 0.25) is 5.91 Å². The van der Waals surface area contributed by atoms with E-state index in [0.29, 0.717) is 34.9 Å². The van der Waals surface area contributed by atoms with Gasteiger partial charge in [-0.15, -0.1) is 0 Å².